The van der Waals surface area contributed by atoms with Crippen LogP contribution in [0.2, 0.25) is 0 Å². The summed E-state index contributed by atoms with van der Waals surface area (Å²) in [5.41, 5.74) is 5.94. The number of nitrogens with two attached hydrogens (primary N) is 1. The Kier molecular flexibility index (Phi) is 6.44. The molecule has 0 spiro atoms. The van der Waals surface area contributed by atoms with Crippen molar-refractivity contribution in [2.75, 3.05) is 26.8 Å². The van der Waals surface area contributed by atoms with Crippen molar-refractivity contribution in [1.82, 2.24) is 5.32 Å². The molecule has 0 aliphatic heterocycles. The maximum absolute atomic E-state index is 11.8. The summed E-state index contributed by atoms with van der Waals surface area (Å²) in [5.74, 6) is 5.90. The molecule has 18 heavy (non-hydrogen) atoms. The second kappa shape index (κ2) is 7.88. The third-order valence-corrected chi connectivity index (χ3v) is 3.08. The van der Waals surface area contributed by atoms with Crippen molar-refractivity contribution in [3.05, 3.63) is 21.9 Å². The molecule has 0 saturated heterocycles. The van der Waals surface area contributed by atoms with Gasteiger partial charge in [-0.25, -0.2) is 0 Å². The van der Waals surface area contributed by atoms with Crippen LogP contribution in [-0.2, 0) is 4.74 Å². The Morgan fingerprint density at radius 1 is 1.67 bits per heavy atom. The summed E-state index contributed by atoms with van der Waals surface area (Å²) < 4.78 is 5.01. The fraction of sp³-hybridized carbons (Fsp3) is 0.462. The Bertz CT molecular complexity index is 445. The van der Waals surface area contributed by atoms with Crippen LogP contribution in [0.1, 0.15) is 22.2 Å². The van der Waals surface area contributed by atoms with E-state index >= 15 is 0 Å². The second-order valence-electron chi connectivity index (χ2n) is 3.98. The highest BCUT2D eigenvalue weighted by Gasteiger charge is 2.09. The summed E-state index contributed by atoms with van der Waals surface area (Å²) in [6.07, 6.45) is 0. The topological polar surface area (TPSA) is 64.3 Å². The van der Waals surface area contributed by atoms with Gasteiger partial charge in [0.1, 0.15) is 0 Å². The number of carbonyl (C=O) groups excluding carboxylic acids is 1. The first-order valence-corrected chi connectivity index (χ1v) is 6.60. The molecule has 0 aromatic carbocycles. The van der Waals surface area contributed by atoms with Crippen molar-refractivity contribution in [2.24, 2.45) is 11.7 Å². The minimum Gasteiger partial charge on any atom is -0.384 e. The van der Waals surface area contributed by atoms with Crippen molar-refractivity contribution in [2.45, 2.75) is 6.92 Å². The van der Waals surface area contributed by atoms with Gasteiger partial charge in [-0.2, -0.15) is 0 Å². The molecular formula is C13H18N2O2S. The van der Waals surface area contributed by atoms with Crippen molar-refractivity contribution in [1.29, 1.82) is 0 Å². The minimum atomic E-state index is -0.0741. The molecule has 1 unspecified atom stereocenters. The molecule has 1 rings (SSSR count). The number of hydrogen-bond acceptors (Lipinski definition) is 4. The average molecular weight is 266 g/mol. The van der Waals surface area contributed by atoms with E-state index in [1.165, 1.54) is 11.3 Å². The first-order valence-electron chi connectivity index (χ1n) is 5.72. The normalized spacial score (nSPS) is 11.5. The molecule has 1 heterocycles. The maximum atomic E-state index is 11.8. The number of amides is 1. The number of methoxy groups -OCH3 is 1. The molecule has 0 radical (unpaired) electrons. The van der Waals surface area contributed by atoms with Gasteiger partial charge >= 0.3 is 0 Å². The van der Waals surface area contributed by atoms with Crippen LogP contribution in [0.5, 0.6) is 0 Å². The number of thiophene rings is 1. The quantitative estimate of drug-likeness (QED) is 0.784. The smallest absolute Gasteiger partial charge is 0.252 e. The molecule has 0 aliphatic carbocycles. The molecule has 0 bridgehead atoms. The molecule has 4 nitrogen and oxygen atoms in total. The fourth-order valence-corrected chi connectivity index (χ4v) is 2.13. The Balaban J connectivity index is 2.49. The third-order valence-electron chi connectivity index (χ3n) is 2.24. The molecule has 1 amide bonds. The number of rotatable bonds is 5. The number of hydrogen-bond donors (Lipinski definition) is 2. The maximum Gasteiger partial charge on any atom is 0.252 e. The van der Waals surface area contributed by atoms with Gasteiger partial charge in [0, 0.05) is 19.0 Å². The van der Waals surface area contributed by atoms with Crippen LogP contribution in [0.15, 0.2) is 11.4 Å². The van der Waals surface area contributed by atoms with Gasteiger partial charge in [-0.1, -0.05) is 18.8 Å². The summed E-state index contributed by atoms with van der Waals surface area (Å²) in [5, 5.41) is 4.67. The highest BCUT2D eigenvalue weighted by atomic mass is 32.1. The summed E-state index contributed by atoms with van der Waals surface area (Å²) in [6, 6.07) is 1.78. The van der Waals surface area contributed by atoms with Gasteiger partial charge < -0.3 is 15.8 Å². The first kappa shape index (κ1) is 14.7. The van der Waals surface area contributed by atoms with Crippen LogP contribution in [0, 0.1) is 17.8 Å². The molecule has 0 aliphatic rings. The predicted molar refractivity (Wildman–Crippen MR) is 73.6 cm³/mol. The van der Waals surface area contributed by atoms with Gasteiger partial charge in [0.2, 0.25) is 0 Å². The van der Waals surface area contributed by atoms with Crippen LogP contribution >= 0.6 is 11.3 Å². The first-order chi connectivity index (χ1) is 8.67. The van der Waals surface area contributed by atoms with Crippen molar-refractivity contribution >= 4 is 17.2 Å². The lowest BCUT2D eigenvalue weighted by atomic mass is 10.2. The zero-order valence-corrected chi connectivity index (χ0v) is 11.5. The van der Waals surface area contributed by atoms with E-state index in [9.17, 15) is 4.79 Å². The number of nitrogens with one attached hydrogen (secondary N) is 1. The van der Waals surface area contributed by atoms with Crippen LogP contribution < -0.4 is 11.1 Å². The fourth-order valence-electron chi connectivity index (χ4n) is 1.37. The Hall–Kier alpha value is -1.35. The van der Waals surface area contributed by atoms with E-state index in [2.05, 4.69) is 17.2 Å². The second-order valence-corrected chi connectivity index (χ2v) is 4.89. The number of carbonyl (C=O) groups is 1. The Morgan fingerprint density at radius 2 is 2.44 bits per heavy atom. The SMILES string of the molecule is COCC(C)CNC(=O)c1csc(C#CCN)c1. The summed E-state index contributed by atoms with van der Waals surface area (Å²) in [7, 11) is 1.65. The summed E-state index contributed by atoms with van der Waals surface area (Å²) in [4.78, 5) is 12.7. The van der Waals surface area contributed by atoms with Gasteiger partial charge in [0.05, 0.1) is 23.6 Å². The standard InChI is InChI=1S/C13H18N2O2S/c1-10(8-17-2)7-15-13(16)11-6-12(18-9-11)4-3-5-14/h6,9-10H,5,7-8,14H2,1-2H3,(H,15,16). The summed E-state index contributed by atoms with van der Waals surface area (Å²) >= 11 is 1.45. The molecule has 5 heteroatoms. The number of ether oxygens (including phenoxy) is 1. The molecule has 3 N–H and O–H groups in total. The van der Waals surface area contributed by atoms with Gasteiger partial charge in [0.15, 0.2) is 0 Å². The molecule has 98 valence electrons. The lowest BCUT2D eigenvalue weighted by Crippen LogP contribution is -2.29. The van der Waals surface area contributed by atoms with Gasteiger partial charge in [-0.15, -0.1) is 11.3 Å². The third kappa shape index (κ3) is 4.88. The molecule has 1 aromatic heterocycles. The highest BCUT2D eigenvalue weighted by molar-refractivity contribution is 7.10. The summed E-state index contributed by atoms with van der Waals surface area (Å²) in [6.45, 7) is 3.59. The van der Waals surface area contributed by atoms with Gasteiger partial charge in [0.25, 0.3) is 5.91 Å². The van der Waals surface area contributed by atoms with Crippen LogP contribution in [0.4, 0.5) is 0 Å². The van der Waals surface area contributed by atoms with E-state index in [0.29, 0.717) is 31.2 Å². The van der Waals surface area contributed by atoms with E-state index in [1.54, 1.807) is 18.6 Å². The van der Waals surface area contributed by atoms with E-state index in [-0.39, 0.29) is 5.91 Å². The minimum absolute atomic E-state index is 0.0741. The van der Waals surface area contributed by atoms with E-state index < -0.39 is 0 Å². The molecule has 0 fully saturated rings. The van der Waals surface area contributed by atoms with Crippen molar-refractivity contribution < 1.29 is 9.53 Å². The van der Waals surface area contributed by atoms with Crippen molar-refractivity contribution in [3.8, 4) is 11.8 Å². The average Bonchev–Trinajstić information content (AvgIpc) is 2.82. The van der Waals surface area contributed by atoms with Gasteiger partial charge in [-0.3, -0.25) is 4.79 Å². The van der Waals surface area contributed by atoms with Crippen LogP contribution in [0.3, 0.4) is 0 Å². The molecule has 1 aromatic rings. The van der Waals surface area contributed by atoms with E-state index in [0.717, 1.165) is 4.88 Å². The largest absolute Gasteiger partial charge is 0.384 e. The Labute approximate surface area is 112 Å². The van der Waals surface area contributed by atoms with E-state index in [4.69, 9.17) is 10.5 Å². The monoisotopic (exact) mass is 266 g/mol. The van der Waals surface area contributed by atoms with Crippen LogP contribution in [-0.4, -0.2) is 32.7 Å². The molecule has 0 saturated carbocycles. The Morgan fingerprint density at radius 3 is 3.11 bits per heavy atom. The molecule has 1 atom stereocenters. The zero-order chi connectivity index (χ0) is 13.4. The molecular weight excluding hydrogens is 248 g/mol. The van der Waals surface area contributed by atoms with Crippen LogP contribution in [0.25, 0.3) is 0 Å². The van der Waals surface area contributed by atoms with Gasteiger partial charge in [-0.05, 0) is 12.0 Å². The highest BCUT2D eigenvalue weighted by Crippen LogP contribution is 2.13. The van der Waals surface area contributed by atoms with E-state index in [1.807, 2.05) is 6.92 Å². The zero-order valence-electron chi connectivity index (χ0n) is 10.7. The lowest BCUT2D eigenvalue weighted by Gasteiger charge is -2.10. The van der Waals surface area contributed by atoms with Crippen molar-refractivity contribution in [3.63, 3.8) is 0 Å². The lowest BCUT2D eigenvalue weighted by molar-refractivity contribution is 0.0934. The predicted octanol–water partition coefficient (Wildman–Crippen LogP) is 1.07.